The molecule has 28 heavy (non-hydrogen) atoms. The molecule has 0 aromatic heterocycles. The maximum absolute atomic E-state index is 13.1. The minimum atomic E-state index is -4.17. The zero-order valence-electron chi connectivity index (χ0n) is 14.5. The van der Waals surface area contributed by atoms with Crippen LogP contribution in [0.4, 0.5) is 0 Å². The number of halogens is 1. The number of hydrogen-bond acceptors (Lipinski definition) is 5. The number of benzene rings is 3. The molecule has 3 aromatic carbocycles. The second kappa shape index (κ2) is 7.50. The van der Waals surface area contributed by atoms with Gasteiger partial charge >= 0.3 is 0 Å². The van der Waals surface area contributed by atoms with Gasteiger partial charge in [0, 0.05) is 4.47 Å². The van der Waals surface area contributed by atoms with Gasteiger partial charge in [0.15, 0.2) is 12.2 Å². The Morgan fingerprint density at radius 2 is 1.50 bits per heavy atom. The zero-order valence-corrected chi connectivity index (χ0v) is 16.9. The van der Waals surface area contributed by atoms with Crippen molar-refractivity contribution in [2.45, 2.75) is 17.1 Å². The second-order valence-corrected chi connectivity index (χ2v) is 8.72. The minimum absolute atomic E-state index is 0.0332. The molecule has 2 unspecified atom stereocenters. The zero-order chi connectivity index (χ0) is 19.7. The van der Waals surface area contributed by atoms with Gasteiger partial charge < -0.3 is 4.74 Å². The number of carbonyl (C=O) groups excluding carboxylic acids is 1. The lowest BCUT2D eigenvalue weighted by atomic mass is 9.94. The Morgan fingerprint density at radius 1 is 0.857 bits per heavy atom. The molecule has 0 saturated carbocycles. The molecule has 0 N–H and O–H groups in total. The molecule has 4 rings (SSSR count). The Morgan fingerprint density at radius 3 is 2.21 bits per heavy atom. The first-order valence-corrected chi connectivity index (χ1v) is 10.7. The molecule has 0 spiro atoms. The highest BCUT2D eigenvalue weighted by atomic mass is 79.9. The van der Waals surface area contributed by atoms with Crippen LogP contribution in [0, 0.1) is 0 Å². The molecular formula is C21H15BrO5S. The molecule has 0 amide bonds. The number of ketones is 1. The van der Waals surface area contributed by atoms with Crippen LogP contribution >= 0.6 is 15.9 Å². The SMILES string of the molecule is O=C1c2ccccc2OC(c2ccccc2)C1OS(=O)(=O)c1ccc(Br)cc1. The Balaban J connectivity index is 1.75. The summed E-state index contributed by atoms with van der Waals surface area (Å²) in [6.07, 6.45) is -2.21. The van der Waals surface area contributed by atoms with Crippen LogP contribution in [0.15, 0.2) is 88.2 Å². The van der Waals surface area contributed by atoms with Crippen LogP contribution in [0.1, 0.15) is 22.0 Å². The van der Waals surface area contributed by atoms with Gasteiger partial charge in [-0.05, 0) is 42.0 Å². The van der Waals surface area contributed by atoms with Crippen molar-refractivity contribution in [1.29, 1.82) is 0 Å². The predicted octanol–water partition coefficient (Wildman–Crippen LogP) is 4.54. The summed E-state index contributed by atoms with van der Waals surface area (Å²) in [6.45, 7) is 0. The number of para-hydroxylation sites is 1. The van der Waals surface area contributed by atoms with Crippen molar-refractivity contribution < 1.29 is 22.1 Å². The first kappa shape index (κ1) is 18.9. The first-order valence-electron chi connectivity index (χ1n) is 8.49. The first-order chi connectivity index (χ1) is 13.5. The van der Waals surface area contributed by atoms with Crippen LogP contribution < -0.4 is 4.74 Å². The summed E-state index contributed by atoms with van der Waals surface area (Å²) in [6, 6.07) is 21.7. The molecule has 2 atom stereocenters. The van der Waals surface area contributed by atoms with Crippen LogP contribution in [-0.2, 0) is 14.3 Å². The van der Waals surface area contributed by atoms with Crippen molar-refractivity contribution >= 4 is 31.8 Å². The summed E-state index contributed by atoms with van der Waals surface area (Å²) in [5, 5.41) is 0. The van der Waals surface area contributed by atoms with Gasteiger partial charge in [0.2, 0.25) is 5.78 Å². The molecule has 3 aromatic rings. The number of Topliss-reactive ketones (excluding diaryl/α,β-unsaturated/α-hetero) is 1. The fourth-order valence-electron chi connectivity index (χ4n) is 3.04. The Hall–Kier alpha value is -2.48. The van der Waals surface area contributed by atoms with Crippen molar-refractivity contribution in [1.82, 2.24) is 0 Å². The molecule has 7 heteroatoms. The number of hydrogen-bond donors (Lipinski definition) is 0. The fourth-order valence-corrected chi connectivity index (χ4v) is 4.34. The lowest BCUT2D eigenvalue weighted by Gasteiger charge is -2.32. The maximum Gasteiger partial charge on any atom is 0.297 e. The van der Waals surface area contributed by atoms with Gasteiger partial charge in [-0.1, -0.05) is 58.4 Å². The molecular weight excluding hydrogens is 444 g/mol. The molecule has 1 heterocycles. The average molecular weight is 459 g/mol. The van der Waals surface area contributed by atoms with Gasteiger partial charge in [-0.15, -0.1) is 0 Å². The maximum atomic E-state index is 13.1. The van der Waals surface area contributed by atoms with Crippen molar-refractivity contribution in [3.05, 3.63) is 94.5 Å². The largest absolute Gasteiger partial charge is 0.482 e. The standard InChI is InChI=1S/C21H15BrO5S/c22-15-10-12-16(13-11-15)28(24,25)27-21-19(23)17-8-4-5-9-18(17)26-20(21)14-6-2-1-3-7-14/h1-13,20-21H. The highest BCUT2D eigenvalue weighted by molar-refractivity contribution is 9.10. The van der Waals surface area contributed by atoms with E-state index in [0.29, 0.717) is 16.9 Å². The molecule has 0 fully saturated rings. The van der Waals surface area contributed by atoms with Crippen LogP contribution in [0.25, 0.3) is 0 Å². The molecule has 0 radical (unpaired) electrons. The minimum Gasteiger partial charge on any atom is -0.482 e. The predicted molar refractivity (Wildman–Crippen MR) is 107 cm³/mol. The van der Waals surface area contributed by atoms with Gasteiger partial charge in [-0.3, -0.25) is 8.98 Å². The second-order valence-electron chi connectivity index (χ2n) is 6.23. The molecule has 0 bridgehead atoms. The van der Waals surface area contributed by atoms with Crippen molar-refractivity contribution in [2.24, 2.45) is 0 Å². The number of fused-ring (bicyclic) bond motifs is 1. The molecule has 142 valence electrons. The quantitative estimate of drug-likeness (QED) is 0.536. The van der Waals surface area contributed by atoms with Gasteiger partial charge in [0.05, 0.1) is 10.5 Å². The highest BCUT2D eigenvalue weighted by Crippen LogP contribution is 2.37. The van der Waals surface area contributed by atoms with Gasteiger partial charge in [0.1, 0.15) is 5.75 Å². The summed E-state index contributed by atoms with van der Waals surface area (Å²) in [5.74, 6) is -0.0290. The Kier molecular flexibility index (Phi) is 5.05. The molecule has 1 aliphatic heterocycles. The van der Waals surface area contributed by atoms with Crippen LogP contribution in [0.5, 0.6) is 5.75 Å². The summed E-state index contributed by atoms with van der Waals surface area (Å²) in [7, 11) is -4.17. The molecule has 0 saturated heterocycles. The van der Waals surface area contributed by atoms with E-state index in [2.05, 4.69) is 15.9 Å². The summed E-state index contributed by atoms with van der Waals surface area (Å²) >= 11 is 3.27. The van der Waals surface area contributed by atoms with Crippen molar-refractivity contribution in [3.8, 4) is 5.75 Å². The summed E-state index contributed by atoms with van der Waals surface area (Å²) in [4.78, 5) is 13.1. The van der Waals surface area contributed by atoms with E-state index in [1.807, 2.05) is 6.07 Å². The van der Waals surface area contributed by atoms with Gasteiger partial charge in [0.25, 0.3) is 10.1 Å². The van der Waals surface area contributed by atoms with Gasteiger partial charge in [-0.2, -0.15) is 8.42 Å². The number of carbonyl (C=O) groups is 1. The number of ether oxygens (including phenoxy) is 1. The fraction of sp³-hybridized carbons (Fsp3) is 0.0952. The van der Waals surface area contributed by atoms with Crippen molar-refractivity contribution in [2.75, 3.05) is 0 Å². The molecule has 5 nitrogen and oxygen atoms in total. The van der Waals surface area contributed by atoms with E-state index >= 15 is 0 Å². The van der Waals surface area contributed by atoms with Crippen LogP contribution in [0.2, 0.25) is 0 Å². The van der Waals surface area contributed by atoms with E-state index in [1.54, 1.807) is 60.7 Å². The van der Waals surface area contributed by atoms with E-state index in [1.165, 1.54) is 12.1 Å². The van der Waals surface area contributed by atoms with Crippen LogP contribution in [-0.4, -0.2) is 20.3 Å². The highest BCUT2D eigenvalue weighted by Gasteiger charge is 2.42. The third-order valence-electron chi connectivity index (χ3n) is 4.40. The lowest BCUT2D eigenvalue weighted by molar-refractivity contribution is 0.0343. The summed E-state index contributed by atoms with van der Waals surface area (Å²) < 4.78 is 37.7. The molecule has 1 aliphatic rings. The normalized spacial score (nSPS) is 19.0. The third kappa shape index (κ3) is 3.61. The Bertz CT molecular complexity index is 1110. The van der Waals surface area contributed by atoms with Gasteiger partial charge in [-0.25, -0.2) is 0 Å². The van der Waals surface area contributed by atoms with Crippen LogP contribution in [0.3, 0.4) is 0 Å². The third-order valence-corrected chi connectivity index (χ3v) is 6.24. The lowest BCUT2D eigenvalue weighted by Crippen LogP contribution is -2.39. The topological polar surface area (TPSA) is 69.7 Å². The molecule has 0 aliphatic carbocycles. The number of rotatable bonds is 4. The average Bonchev–Trinajstić information content (AvgIpc) is 2.71. The smallest absolute Gasteiger partial charge is 0.297 e. The van der Waals surface area contributed by atoms with E-state index in [9.17, 15) is 13.2 Å². The van der Waals surface area contributed by atoms with Crippen molar-refractivity contribution in [3.63, 3.8) is 0 Å². The summed E-state index contributed by atoms with van der Waals surface area (Å²) in [5.41, 5.74) is 0.951. The Labute approximate surface area is 171 Å². The van der Waals surface area contributed by atoms with E-state index in [4.69, 9.17) is 8.92 Å². The van der Waals surface area contributed by atoms with E-state index < -0.39 is 28.1 Å². The van der Waals surface area contributed by atoms with E-state index in [-0.39, 0.29) is 4.90 Å². The van der Waals surface area contributed by atoms with E-state index in [0.717, 1.165) is 4.47 Å². The monoisotopic (exact) mass is 458 g/mol.